The van der Waals surface area contributed by atoms with E-state index in [1.165, 1.54) is 5.56 Å². The Morgan fingerprint density at radius 3 is 2.37 bits per heavy atom. The predicted octanol–water partition coefficient (Wildman–Crippen LogP) is 3.13. The van der Waals surface area contributed by atoms with Crippen molar-refractivity contribution in [1.29, 1.82) is 0 Å². The van der Waals surface area contributed by atoms with Crippen LogP contribution in [0.15, 0.2) is 18.2 Å². The van der Waals surface area contributed by atoms with E-state index in [0.717, 1.165) is 31.7 Å². The van der Waals surface area contributed by atoms with Gasteiger partial charge in [-0.1, -0.05) is 32.9 Å². The molecule has 0 radical (unpaired) electrons. The highest BCUT2D eigenvalue weighted by Gasteiger charge is 2.32. The Morgan fingerprint density at radius 1 is 1.21 bits per heavy atom. The van der Waals surface area contributed by atoms with Crippen molar-refractivity contribution in [3.8, 4) is 0 Å². The summed E-state index contributed by atoms with van der Waals surface area (Å²) in [5.41, 5.74) is 2.11. The molecule has 1 aliphatic rings. The van der Waals surface area contributed by atoms with Crippen molar-refractivity contribution in [2.45, 2.75) is 33.7 Å². The summed E-state index contributed by atoms with van der Waals surface area (Å²) in [6, 6.07) is 5.90. The van der Waals surface area contributed by atoms with Crippen LogP contribution in [0.3, 0.4) is 0 Å². The number of rotatable bonds is 2. The van der Waals surface area contributed by atoms with Gasteiger partial charge in [-0.3, -0.25) is 4.90 Å². The fraction of sp³-hybridized carbons (Fsp3) is 0.625. The third-order valence-electron chi connectivity index (χ3n) is 3.83. The summed E-state index contributed by atoms with van der Waals surface area (Å²) in [4.78, 5) is 2.52. The minimum Gasteiger partial charge on any atom is -0.314 e. The first kappa shape index (κ1) is 14.5. The molecule has 0 saturated carbocycles. The second-order valence-electron chi connectivity index (χ2n) is 6.56. The van der Waals surface area contributed by atoms with Crippen LogP contribution in [0.5, 0.6) is 0 Å². The highest BCUT2D eigenvalue weighted by molar-refractivity contribution is 5.28. The van der Waals surface area contributed by atoms with Crippen molar-refractivity contribution in [2.24, 2.45) is 5.41 Å². The average molecular weight is 264 g/mol. The number of nitrogens with zero attached hydrogens (tertiary/aromatic N) is 1. The highest BCUT2D eigenvalue weighted by atomic mass is 19.1. The lowest BCUT2D eigenvalue weighted by Gasteiger charge is -2.42. The van der Waals surface area contributed by atoms with Gasteiger partial charge in [0.2, 0.25) is 0 Å². The van der Waals surface area contributed by atoms with Crippen molar-refractivity contribution < 1.29 is 4.39 Å². The molecule has 3 heteroatoms. The first-order chi connectivity index (χ1) is 8.89. The lowest BCUT2D eigenvalue weighted by atomic mass is 9.80. The number of piperazine rings is 1. The normalized spacial score (nSPS) is 19.4. The topological polar surface area (TPSA) is 15.3 Å². The molecule has 1 aliphatic heterocycles. The second-order valence-corrected chi connectivity index (χ2v) is 6.56. The first-order valence-corrected chi connectivity index (χ1v) is 7.10. The SMILES string of the molecule is Cc1cc([C@@H](N2CCNCC2)C(C)(C)C)ccc1F. The third kappa shape index (κ3) is 3.34. The summed E-state index contributed by atoms with van der Waals surface area (Å²) in [5, 5.41) is 3.39. The molecule has 106 valence electrons. The van der Waals surface area contributed by atoms with Gasteiger partial charge in [0.15, 0.2) is 0 Å². The minimum atomic E-state index is -0.114. The van der Waals surface area contributed by atoms with Gasteiger partial charge in [-0.15, -0.1) is 0 Å². The summed E-state index contributed by atoms with van der Waals surface area (Å²) in [6.45, 7) is 12.8. The van der Waals surface area contributed by atoms with Crippen LogP contribution in [-0.4, -0.2) is 31.1 Å². The van der Waals surface area contributed by atoms with Gasteiger partial charge in [0, 0.05) is 32.2 Å². The lowest BCUT2D eigenvalue weighted by Crippen LogP contribution is -2.48. The van der Waals surface area contributed by atoms with Gasteiger partial charge in [-0.25, -0.2) is 4.39 Å². The first-order valence-electron chi connectivity index (χ1n) is 7.10. The van der Waals surface area contributed by atoms with E-state index in [4.69, 9.17) is 0 Å². The third-order valence-corrected chi connectivity index (χ3v) is 3.83. The number of hydrogen-bond acceptors (Lipinski definition) is 2. The summed E-state index contributed by atoms with van der Waals surface area (Å²) < 4.78 is 13.5. The Balaban J connectivity index is 2.33. The zero-order chi connectivity index (χ0) is 14.0. The molecule has 1 atom stereocenters. The summed E-state index contributed by atoms with van der Waals surface area (Å²) in [7, 11) is 0. The smallest absolute Gasteiger partial charge is 0.126 e. The molecule has 2 nitrogen and oxygen atoms in total. The van der Waals surface area contributed by atoms with Crippen molar-refractivity contribution in [3.05, 3.63) is 35.1 Å². The highest BCUT2D eigenvalue weighted by Crippen LogP contribution is 2.38. The van der Waals surface area contributed by atoms with Gasteiger partial charge in [0.05, 0.1) is 0 Å². The number of benzene rings is 1. The van der Waals surface area contributed by atoms with Crippen LogP contribution in [0, 0.1) is 18.2 Å². The molecule has 2 rings (SSSR count). The van der Waals surface area contributed by atoms with E-state index in [2.05, 4.69) is 31.0 Å². The van der Waals surface area contributed by atoms with Gasteiger partial charge < -0.3 is 5.32 Å². The van der Waals surface area contributed by atoms with Gasteiger partial charge in [-0.05, 0) is 29.5 Å². The van der Waals surface area contributed by atoms with E-state index >= 15 is 0 Å². The number of nitrogens with one attached hydrogen (secondary N) is 1. The molecular formula is C16H25FN2. The Bertz CT molecular complexity index is 431. The van der Waals surface area contributed by atoms with Crippen LogP contribution in [0.4, 0.5) is 4.39 Å². The Hall–Kier alpha value is -0.930. The molecule has 0 aromatic heterocycles. The molecule has 1 aromatic carbocycles. The zero-order valence-electron chi connectivity index (χ0n) is 12.5. The van der Waals surface area contributed by atoms with Crippen molar-refractivity contribution in [3.63, 3.8) is 0 Å². The van der Waals surface area contributed by atoms with Crippen molar-refractivity contribution in [2.75, 3.05) is 26.2 Å². The Morgan fingerprint density at radius 2 is 1.84 bits per heavy atom. The van der Waals surface area contributed by atoms with Crippen LogP contribution in [0.1, 0.15) is 37.9 Å². The number of hydrogen-bond donors (Lipinski definition) is 1. The molecule has 0 aliphatic carbocycles. The maximum Gasteiger partial charge on any atom is 0.126 e. The molecule has 1 fully saturated rings. The van der Waals surface area contributed by atoms with Gasteiger partial charge >= 0.3 is 0 Å². The maximum atomic E-state index is 13.5. The molecule has 0 amide bonds. The minimum absolute atomic E-state index is 0.114. The predicted molar refractivity (Wildman–Crippen MR) is 77.8 cm³/mol. The number of aryl methyl sites for hydroxylation is 1. The van der Waals surface area contributed by atoms with E-state index in [9.17, 15) is 4.39 Å². The van der Waals surface area contributed by atoms with Gasteiger partial charge in [0.25, 0.3) is 0 Å². The van der Waals surface area contributed by atoms with Crippen LogP contribution >= 0.6 is 0 Å². The van der Waals surface area contributed by atoms with E-state index in [-0.39, 0.29) is 11.2 Å². The van der Waals surface area contributed by atoms with E-state index in [0.29, 0.717) is 6.04 Å². The standard InChI is InChI=1S/C16H25FN2/c1-12-11-13(5-6-14(12)17)15(16(2,3)4)19-9-7-18-8-10-19/h5-6,11,15,18H,7-10H2,1-4H3/t15-/m1/s1. The summed E-state index contributed by atoms with van der Waals surface area (Å²) in [5.74, 6) is -0.114. The number of halogens is 1. The molecule has 1 N–H and O–H groups in total. The van der Waals surface area contributed by atoms with E-state index in [1.807, 2.05) is 19.1 Å². The summed E-state index contributed by atoms with van der Waals surface area (Å²) >= 11 is 0. The zero-order valence-corrected chi connectivity index (χ0v) is 12.5. The van der Waals surface area contributed by atoms with Crippen LogP contribution in [-0.2, 0) is 0 Å². The molecule has 1 saturated heterocycles. The van der Waals surface area contributed by atoms with Gasteiger partial charge in [0.1, 0.15) is 5.82 Å². The largest absolute Gasteiger partial charge is 0.314 e. The van der Waals surface area contributed by atoms with Crippen LogP contribution in [0.2, 0.25) is 0 Å². The lowest BCUT2D eigenvalue weighted by molar-refractivity contribution is 0.0861. The fourth-order valence-electron chi connectivity index (χ4n) is 3.04. The molecule has 0 unspecified atom stereocenters. The maximum absolute atomic E-state index is 13.5. The Labute approximate surface area is 116 Å². The van der Waals surface area contributed by atoms with Crippen LogP contribution in [0.25, 0.3) is 0 Å². The quantitative estimate of drug-likeness (QED) is 0.883. The van der Waals surface area contributed by atoms with E-state index < -0.39 is 0 Å². The van der Waals surface area contributed by atoms with Crippen molar-refractivity contribution >= 4 is 0 Å². The summed E-state index contributed by atoms with van der Waals surface area (Å²) in [6.07, 6.45) is 0. The Kier molecular flexibility index (Phi) is 4.26. The molecule has 1 aromatic rings. The second kappa shape index (κ2) is 5.59. The molecule has 1 heterocycles. The monoisotopic (exact) mass is 264 g/mol. The molecule has 0 bridgehead atoms. The average Bonchev–Trinajstić information content (AvgIpc) is 2.34. The van der Waals surface area contributed by atoms with Gasteiger partial charge in [-0.2, -0.15) is 0 Å². The molecule has 19 heavy (non-hydrogen) atoms. The van der Waals surface area contributed by atoms with Crippen LogP contribution < -0.4 is 5.32 Å². The molecular weight excluding hydrogens is 239 g/mol. The molecule has 0 spiro atoms. The van der Waals surface area contributed by atoms with Crippen molar-refractivity contribution in [1.82, 2.24) is 10.2 Å². The van der Waals surface area contributed by atoms with E-state index in [1.54, 1.807) is 6.07 Å². The fourth-order valence-corrected chi connectivity index (χ4v) is 3.04.